The highest BCUT2D eigenvalue weighted by Gasteiger charge is 2.13. The van der Waals surface area contributed by atoms with Crippen LogP contribution < -0.4 is 11.1 Å². The van der Waals surface area contributed by atoms with Crippen molar-refractivity contribution in [2.45, 2.75) is 6.92 Å². The molecule has 0 saturated heterocycles. The molecule has 0 radical (unpaired) electrons. The van der Waals surface area contributed by atoms with E-state index in [4.69, 9.17) is 10.3 Å². The molecule has 1 aromatic carbocycles. The van der Waals surface area contributed by atoms with Gasteiger partial charge in [0.25, 0.3) is 5.91 Å². The van der Waals surface area contributed by atoms with Crippen molar-refractivity contribution in [3.05, 3.63) is 35.7 Å². The highest BCUT2D eigenvalue weighted by Crippen LogP contribution is 2.27. The largest absolute Gasteiger partial charge is 0.399 e. The SMILES string of the molecule is Cc1cc(C(=O)Nc2nc3ccc(N)cc3s2)no1. The van der Waals surface area contributed by atoms with E-state index >= 15 is 0 Å². The number of carbonyl (C=O) groups excluding carboxylic acids is 1. The molecule has 2 aromatic heterocycles. The second-order valence-electron chi connectivity index (χ2n) is 4.02. The van der Waals surface area contributed by atoms with Crippen LogP contribution in [0.5, 0.6) is 0 Å². The Hall–Kier alpha value is -2.41. The molecule has 0 fully saturated rings. The van der Waals surface area contributed by atoms with E-state index in [1.165, 1.54) is 11.3 Å². The summed E-state index contributed by atoms with van der Waals surface area (Å²) in [4.78, 5) is 16.2. The number of nitrogens with two attached hydrogens (primary N) is 1. The number of fused-ring (bicyclic) bond motifs is 1. The molecule has 2 heterocycles. The molecular formula is C12H10N4O2S. The van der Waals surface area contributed by atoms with Crippen molar-refractivity contribution in [1.29, 1.82) is 0 Å². The van der Waals surface area contributed by atoms with Gasteiger partial charge in [-0.1, -0.05) is 16.5 Å². The average Bonchev–Trinajstić information content (AvgIpc) is 2.94. The van der Waals surface area contributed by atoms with E-state index < -0.39 is 0 Å². The van der Waals surface area contributed by atoms with Gasteiger partial charge in [-0.05, 0) is 25.1 Å². The van der Waals surface area contributed by atoms with Crippen LogP contribution in [0.3, 0.4) is 0 Å². The number of rotatable bonds is 2. The van der Waals surface area contributed by atoms with Crippen molar-refractivity contribution in [1.82, 2.24) is 10.1 Å². The molecule has 0 aliphatic carbocycles. The van der Waals surface area contributed by atoms with Crippen LogP contribution in [0.4, 0.5) is 10.8 Å². The predicted octanol–water partition coefficient (Wildman–Crippen LogP) is 2.43. The Balaban J connectivity index is 1.87. The summed E-state index contributed by atoms with van der Waals surface area (Å²) in [5.41, 5.74) is 7.39. The minimum absolute atomic E-state index is 0.233. The molecule has 3 rings (SSSR count). The third-order valence-corrected chi connectivity index (χ3v) is 3.43. The van der Waals surface area contributed by atoms with E-state index in [9.17, 15) is 4.79 Å². The first-order chi connectivity index (χ1) is 9.11. The van der Waals surface area contributed by atoms with Crippen molar-refractivity contribution in [3.8, 4) is 0 Å². The fourth-order valence-electron chi connectivity index (χ4n) is 1.63. The zero-order chi connectivity index (χ0) is 13.4. The summed E-state index contributed by atoms with van der Waals surface area (Å²) in [5, 5.41) is 6.84. The number of nitrogen functional groups attached to an aromatic ring is 1. The third kappa shape index (κ3) is 2.27. The van der Waals surface area contributed by atoms with Gasteiger partial charge in [0.15, 0.2) is 10.8 Å². The summed E-state index contributed by atoms with van der Waals surface area (Å²) in [6.45, 7) is 1.73. The van der Waals surface area contributed by atoms with Gasteiger partial charge < -0.3 is 10.3 Å². The zero-order valence-corrected chi connectivity index (χ0v) is 10.8. The van der Waals surface area contributed by atoms with Crippen molar-refractivity contribution in [2.24, 2.45) is 0 Å². The van der Waals surface area contributed by atoms with Crippen LogP contribution in [0, 0.1) is 6.92 Å². The van der Waals surface area contributed by atoms with E-state index in [1.807, 2.05) is 12.1 Å². The molecule has 0 spiro atoms. The lowest BCUT2D eigenvalue weighted by atomic mass is 10.3. The Kier molecular flexibility index (Phi) is 2.68. The van der Waals surface area contributed by atoms with E-state index in [-0.39, 0.29) is 11.6 Å². The van der Waals surface area contributed by atoms with E-state index in [2.05, 4.69) is 15.5 Å². The smallest absolute Gasteiger partial charge is 0.279 e. The maximum atomic E-state index is 11.9. The maximum Gasteiger partial charge on any atom is 0.279 e. The van der Waals surface area contributed by atoms with Gasteiger partial charge in [-0.3, -0.25) is 10.1 Å². The topological polar surface area (TPSA) is 94.0 Å². The number of amides is 1. The number of benzene rings is 1. The van der Waals surface area contributed by atoms with Crippen LogP contribution in [0.1, 0.15) is 16.2 Å². The number of aromatic nitrogens is 2. The molecule has 0 bridgehead atoms. The Morgan fingerprint density at radius 1 is 1.42 bits per heavy atom. The van der Waals surface area contributed by atoms with Crippen LogP contribution in [0.2, 0.25) is 0 Å². The molecule has 19 heavy (non-hydrogen) atoms. The second-order valence-corrected chi connectivity index (χ2v) is 5.05. The Labute approximate surface area is 112 Å². The van der Waals surface area contributed by atoms with E-state index in [0.717, 1.165) is 10.2 Å². The van der Waals surface area contributed by atoms with Gasteiger partial charge in [0.2, 0.25) is 0 Å². The summed E-state index contributed by atoms with van der Waals surface area (Å²) in [6, 6.07) is 6.98. The number of nitrogens with zero attached hydrogens (tertiary/aromatic N) is 2. The highest BCUT2D eigenvalue weighted by atomic mass is 32.1. The average molecular weight is 274 g/mol. The molecule has 0 atom stereocenters. The summed E-state index contributed by atoms with van der Waals surface area (Å²) < 4.78 is 5.78. The molecule has 6 nitrogen and oxygen atoms in total. The number of thiazole rings is 1. The predicted molar refractivity (Wildman–Crippen MR) is 73.2 cm³/mol. The lowest BCUT2D eigenvalue weighted by Crippen LogP contribution is -2.11. The summed E-state index contributed by atoms with van der Waals surface area (Å²) >= 11 is 1.36. The number of hydrogen-bond acceptors (Lipinski definition) is 6. The molecule has 0 aliphatic heterocycles. The molecule has 1 amide bonds. The van der Waals surface area contributed by atoms with Gasteiger partial charge in [0, 0.05) is 11.8 Å². The maximum absolute atomic E-state index is 11.9. The van der Waals surface area contributed by atoms with Gasteiger partial charge in [-0.2, -0.15) is 0 Å². The summed E-state index contributed by atoms with van der Waals surface area (Å²) in [6.07, 6.45) is 0. The van der Waals surface area contributed by atoms with Gasteiger partial charge in [0.1, 0.15) is 5.76 Å². The van der Waals surface area contributed by atoms with Crippen LogP contribution in [0.15, 0.2) is 28.8 Å². The standard InChI is InChI=1S/C12H10N4O2S/c1-6-4-9(16-18-6)11(17)15-12-14-8-3-2-7(13)5-10(8)19-12/h2-5H,13H2,1H3,(H,14,15,17). The molecule has 96 valence electrons. The third-order valence-electron chi connectivity index (χ3n) is 2.49. The van der Waals surface area contributed by atoms with E-state index in [1.54, 1.807) is 19.1 Å². The molecule has 7 heteroatoms. The van der Waals surface area contributed by atoms with E-state index in [0.29, 0.717) is 16.6 Å². The number of aryl methyl sites for hydroxylation is 1. The van der Waals surface area contributed by atoms with Gasteiger partial charge in [-0.15, -0.1) is 0 Å². The summed E-state index contributed by atoms with van der Waals surface area (Å²) in [7, 11) is 0. The normalized spacial score (nSPS) is 10.8. The first-order valence-electron chi connectivity index (χ1n) is 5.52. The van der Waals surface area contributed by atoms with Crippen molar-refractivity contribution in [2.75, 3.05) is 11.1 Å². The fraction of sp³-hybridized carbons (Fsp3) is 0.0833. The quantitative estimate of drug-likeness (QED) is 0.700. The molecule has 0 saturated carbocycles. The number of anilines is 2. The lowest BCUT2D eigenvalue weighted by molar-refractivity contribution is 0.101. The minimum atomic E-state index is -0.344. The van der Waals surface area contributed by atoms with Crippen LogP contribution in [-0.2, 0) is 0 Å². The van der Waals surface area contributed by atoms with Crippen LogP contribution >= 0.6 is 11.3 Å². The Bertz CT molecular complexity index is 762. The van der Waals surface area contributed by atoms with Crippen LogP contribution in [-0.4, -0.2) is 16.0 Å². The highest BCUT2D eigenvalue weighted by molar-refractivity contribution is 7.22. The molecule has 3 N–H and O–H groups in total. The second kappa shape index (κ2) is 4.36. The minimum Gasteiger partial charge on any atom is -0.399 e. The molecule has 0 unspecified atom stereocenters. The van der Waals surface area contributed by atoms with Gasteiger partial charge >= 0.3 is 0 Å². The first-order valence-corrected chi connectivity index (χ1v) is 6.34. The van der Waals surface area contributed by atoms with Gasteiger partial charge in [0.05, 0.1) is 10.2 Å². The Morgan fingerprint density at radius 3 is 3.00 bits per heavy atom. The lowest BCUT2D eigenvalue weighted by Gasteiger charge is -1.95. The number of nitrogens with one attached hydrogen (secondary N) is 1. The Morgan fingerprint density at radius 2 is 2.26 bits per heavy atom. The van der Waals surface area contributed by atoms with Gasteiger partial charge in [-0.25, -0.2) is 4.98 Å². The van der Waals surface area contributed by atoms with Crippen molar-refractivity contribution < 1.29 is 9.32 Å². The molecule has 3 aromatic rings. The zero-order valence-electron chi connectivity index (χ0n) is 10.0. The van der Waals surface area contributed by atoms with Crippen LogP contribution in [0.25, 0.3) is 10.2 Å². The molecular weight excluding hydrogens is 264 g/mol. The molecule has 0 aliphatic rings. The van der Waals surface area contributed by atoms with Crippen molar-refractivity contribution >= 4 is 38.3 Å². The number of hydrogen-bond donors (Lipinski definition) is 2. The number of carbonyl (C=O) groups is 1. The fourth-order valence-corrected chi connectivity index (χ4v) is 2.54. The summed E-state index contributed by atoms with van der Waals surface area (Å²) in [5.74, 6) is 0.242. The monoisotopic (exact) mass is 274 g/mol. The first kappa shape index (κ1) is 11.7. The van der Waals surface area contributed by atoms with Crippen molar-refractivity contribution in [3.63, 3.8) is 0 Å².